The van der Waals surface area contributed by atoms with Gasteiger partial charge in [-0.2, -0.15) is 0 Å². The molecule has 2 aromatic heterocycles. The molecule has 0 saturated carbocycles. The molecule has 1 atom stereocenters. The van der Waals surface area contributed by atoms with Crippen LogP contribution in [-0.4, -0.2) is 68.1 Å². The molecule has 3 aliphatic rings. The second kappa shape index (κ2) is 11.4. The van der Waals surface area contributed by atoms with Crippen molar-refractivity contribution in [3.05, 3.63) is 53.6 Å². The summed E-state index contributed by atoms with van der Waals surface area (Å²) in [6, 6.07) is 7.57. The number of likely N-dealkylation sites (tertiary alicyclic amines) is 1. The number of hydrogen-bond donors (Lipinski definition) is 2. The fourth-order valence-corrected chi connectivity index (χ4v) is 7.68. The second-order valence-electron chi connectivity index (χ2n) is 12.8. The van der Waals surface area contributed by atoms with Gasteiger partial charge in [0.1, 0.15) is 35.2 Å². The summed E-state index contributed by atoms with van der Waals surface area (Å²) < 4.78 is 35.6. The molecule has 0 bridgehead atoms. The number of fused-ring (bicyclic) bond motifs is 2. The van der Waals surface area contributed by atoms with Gasteiger partial charge in [-0.25, -0.2) is 28.1 Å². The molecule has 0 radical (unpaired) electrons. The lowest BCUT2D eigenvalue weighted by Crippen LogP contribution is -2.39. The number of sulfonamides is 1. The van der Waals surface area contributed by atoms with Gasteiger partial charge in [0.15, 0.2) is 0 Å². The maximum atomic E-state index is 13.3. The van der Waals surface area contributed by atoms with Gasteiger partial charge in [-0.05, 0) is 80.8 Å². The first-order valence-corrected chi connectivity index (χ1v) is 16.3. The summed E-state index contributed by atoms with van der Waals surface area (Å²) in [5, 5.41) is 0. The third-order valence-corrected chi connectivity index (χ3v) is 10.3. The van der Waals surface area contributed by atoms with E-state index >= 15 is 0 Å². The largest absolute Gasteiger partial charge is 0.491 e. The lowest BCUT2D eigenvalue weighted by atomic mass is 9.76. The standard InChI is InChI=1S/C31H41N7O3S/c1-31(2)9-8-26-25(15-31)30(35-20-34-26)38-11-12-41-27-7-6-22(13-24(27)19-38)23-14-28(29(32)33-17-23)42(39,40)36-16-21-5-4-10-37(3)18-21/h6-7,13-14,17,20-21,36H,4-5,8-12,15-16,18-19H2,1-3H3,(H2,32,33). The van der Waals surface area contributed by atoms with Crippen molar-refractivity contribution in [2.45, 2.75) is 57.4 Å². The zero-order valence-corrected chi connectivity index (χ0v) is 25.6. The number of ether oxygens (including phenoxy) is 1. The number of aryl methyl sites for hydroxylation is 1. The van der Waals surface area contributed by atoms with Gasteiger partial charge in [-0.15, -0.1) is 0 Å². The highest BCUT2D eigenvalue weighted by molar-refractivity contribution is 7.89. The van der Waals surface area contributed by atoms with Crippen LogP contribution in [-0.2, 0) is 29.4 Å². The van der Waals surface area contributed by atoms with Crippen LogP contribution in [0.2, 0.25) is 0 Å². The van der Waals surface area contributed by atoms with E-state index in [1.165, 1.54) is 5.56 Å². The Kier molecular flexibility index (Phi) is 7.84. The van der Waals surface area contributed by atoms with Crippen molar-refractivity contribution in [3.8, 4) is 16.9 Å². The number of hydrogen-bond acceptors (Lipinski definition) is 9. The molecule has 2 aliphatic heterocycles. The van der Waals surface area contributed by atoms with E-state index in [4.69, 9.17) is 15.5 Å². The molecule has 1 aliphatic carbocycles. The molecule has 3 N–H and O–H groups in total. The fraction of sp³-hybridized carbons (Fsp3) is 0.516. The van der Waals surface area contributed by atoms with Gasteiger partial charge in [0, 0.05) is 48.2 Å². The summed E-state index contributed by atoms with van der Waals surface area (Å²) in [4.78, 5) is 18.1. The molecule has 1 saturated heterocycles. The minimum absolute atomic E-state index is 0.00668. The molecular weight excluding hydrogens is 550 g/mol. The average Bonchev–Trinajstić information content (AvgIpc) is 3.17. The zero-order chi connectivity index (χ0) is 29.5. The summed E-state index contributed by atoms with van der Waals surface area (Å²) >= 11 is 0. The van der Waals surface area contributed by atoms with E-state index in [1.54, 1.807) is 18.6 Å². The van der Waals surface area contributed by atoms with E-state index in [0.717, 1.165) is 73.6 Å². The molecule has 224 valence electrons. The first kappa shape index (κ1) is 28.8. The third kappa shape index (κ3) is 6.09. The minimum Gasteiger partial charge on any atom is -0.491 e. The molecule has 3 aromatic rings. The van der Waals surface area contributed by atoms with Crippen LogP contribution in [0.3, 0.4) is 0 Å². The first-order valence-electron chi connectivity index (χ1n) is 14.9. The lowest BCUT2D eigenvalue weighted by molar-refractivity contribution is 0.211. The number of nitrogens with one attached hydrogen (secondary N) is 1. The van der Waals surface area contributed by atoms with E-state index in [-0.39, 0.29) is 22.0 Å². The third-order valence-electron chi connectivity index (χ3n) is 8.83. The Hall–Kier alpha value is -3.28. The van der Waals surface area contributed by atoms with Gasteiger partial charge in [0.2, 0.25) is 10.0 Å². The van der Waals surface area contributed by atoms with Gasteiger partial charge in [-0.1, -0.05) is 19.9 Å². The summed E-state index contributed by atoms with van der Waals surface area (Å²) in [5.74, 6) is 2.06. The van der Waals surface area contributed by atoms with Crippen molar-refractivity contribution < 1.29 is 13.2 Å². The Bertz CT molecular complexity index is 1580. The molecule has 1 aromatic carbocycles. The molecule has 1 fully saturated rings. The molecule has 0 amide bonds. The summed E-state index contributed by atoms with van der Waals surface area (Å²) in [5.41, 5.74) is 11.2. The number of piperidine rings is 1. The van der Waals surface area contributed by atoms with Crippen LogP contribution in [0.15, 0.2) is 41.7 Å². The van der Waals surface area contributed by atoms with Crippen molar-refractivity contribution >= 4 is 21.7 Å². The van der Waals surface area contributed by atoms with E-state index in [1.807, 2.05) is 12.1 Å². The van der Waals surface area contributed by atoms with E-state index in [2.05, 4.69) is 51.5 Å². The van der Waals surface area contributed by atoms with Crippen molar-refractivity contribution in [2.75, 3.05) is 50.5 Å². The van der Waals surface area contributed by atoms with Gasteiger partial charge in [-0.3, -0.25) is 0 Å². The second-order valence-corrected chi connectivity index (χ2v) is 14.5. The van der Waals surface area contributed by atoms with E-state index in [0.29, 0.717) is 31.8 Å². The normalized spacial score (nSPS) is 20.7. The maximum Gasteiger partial charge on any atom is 0.244 e. The van der Waals surface area contributed by atoms with Crippen molar-refractivity contribution in [3.63, 3.8) is 0 Å². The average molecular weight is 592 g/mol. The van der Waals surface area contributed by atoms with Crippen LogP contribution >= 0.6 is 0 Å². The van der Waals surface area contributed by atoms with Crippen LogP contribution < -0.4 is 20.1 Å². The Balaban J connectivity index is 1.26. The van der Waals surface area contributed by atoms with Crippen molar-refractivity contribution in [1.82, 2.24) is 24.6 Å². The Morgan fingerprint density at radius 3 is 2.83 bits per heavy atom. The highest BCUT2D eigenvalue weighted by Crippen LogP contribution is 2.39. The molecule has 10 nitrogen and oxygen atoms in total. The number of anilines is 2. The topological polar surface area (TPSA) is 127 Å². The Morgan fingerprint density at radius 1 is 1.14 bits per heavy atom. The van der Waals surface area contributed by atoms with Gasteiger partial charge in [0.25, 0.3) is 0 Å². The molecule has 1 unspecified atom stereocenters. The minimum atomic E-state index is -3.83. The monoisotopic (exact) mass is 591 g/mol. The summed E-state index contributed by atoms with van der Waals surface area (Å²) in [7, 11) is -1.76. The van der Waals surface area contributed by atoms with Crippen LogP contribution in [0, 0.1) is 11.3 Å². The summed E-state index contributed by atoms with van der Waals surface area (Å²) in [6.45, 7) is 8.79. The number of nitrogen functional groups attached to an aromatic ring is 1. The van der Waals surface area contributed by atoms with E-state index < -0.39 is 10.0 Å². The number of benzene rings is 1. The van der Waals surface area contributed by atoms with Crippen LogP contribution in [0.1, 0.15) is 49.9 Å². The lowest BCUT2D eigenvalue weighted by Gasteiger charge is -2.33. The predicted molar refractivity (Wildman–Crippen MR) is 164 cm³/mol. The molecule has 4 heterocycles. The van der Waals surface area contributed by atoms with Gasteiger partial charge >= 0.3 is 0 Å². The molecular formula is C31H41N7O3S. The molecule has 11 heteroatoms. The van der Waals surface area contributed by atoms with Crippen LogP contribution in [0.4, 0.5) is 11.6 Å². The smallest absolute Gasteiger partial charge is 0.244 e. The molecule has 42 heavy (non-hydrogen) atoms. The molecule has 0 spiro atoms. The van der Waals surface area contributed by atoms with Crippen molar-refractivity contribution in [1.29, 1.82) is 0 Å². The van der Waals surface area contributed by atoms with Crippen LogP contribution in [0.25, 0.3) is 11.1 Å². The first-order chi connectivity index (χ1) is 20.1. The fourth-order valence-electron chi connectivity index (χ4n) is 6.46. The number of pyridine rings is 1. The maximum absolute atomic E-state index is 13.3. The Labute approximate surface area is 248 Å². The number of aromatic nitrogens is 3. The highest BCUT2D eigenvalue weighted by atomic mass is 32.2. The summed E-state index contributed by atoms with van der Waals surface area (Å²) in [6.07, 6.45) is 8.41. The van der Waals surface area contributed by atoms with Crippen LogP contribution in [0.5, 0.6) is 5.75 Å². The Morgan fingerprint density at radius 2 is 2.00 bits per heavy atom. The van der Waals surface area contributed by atoms with Gasteiger partial charge < -0.3 is 20.3 Å². The van der Waals surface area contributed by atoms with Crippen molar-refractivity contribution in [2.24, 2.45) is 11.3 Å². The number of rotatable bonds is 6. The number of nitrogens with zero attached hydrogens (tertiary/aromatic N) is 5. The SMILES string of the molecule is CN1CCCC(CNS(=O)(=O)c2cc(-c3ccc4c(c3)CN(c3ncnc5c3CC(C)(C)CC5)CCO4)cnc2N)C1. The number of nitrogens with two attached hydrogens (primary N) is 1. The highest BCUT2D eigenvalue weighted by Gasteiger charge is 2.31. The van der Waals surface area contributed by atoms with Gasteiger partial charge in [0.05, 0.1) is 6.54 Å². The van der Waals surface area contributed by atoms with E-state index in [9.17, 15) is 8.42 Å². The zero-order valence-electron chi connectivity index (χ0n) is 24.8. The quantitative estimate of drug-likeness (QED) is 0.442. The predicted octanol–water partition coefficient (Wildman–Crippen LogP) is 3.65. The molecule has 6 rings (SSSR count).